The smallest absolute Gasteiger partial charge is 0.203 e. The maximum absolute atomic E-state index is 5.70. The van der Waals surface area contributed by atoms with E-state index in [2.05, 4.69) is 22.2 Å². The normalized spacial score (nSPS) is 10.5. The van der Waals surface area contributed by atoms with Crippen molar-refractivity contribution in [1.82, 2.24) is 10.6 Å². The number of nitrogens with one attached hydrogen (secondary N) is 2. The van der Waals surface area contributed by atoms with Crippen LogP contribution in [0.1, 0.15) is 11.1 Å². The van der Waals surface area contributed by atoms with Crippen LogP contribution in [0.2, 0.25) is 0 Å². The van der Waals surface area contributed by atoms with Gasteiger partial charge in [0, 0.05) is 25.7 Å². The highest BCUT2D eigenvalue weighted by Crippen LogP contribution is 2.38. The highest BCUT2D eigenvalue weighted by molar-refractivity contribution is 14.0. The Morgan fingerprint density at radius 2 is 1.60 bits per heavy atom. The van der Waals surface area contributed by atoms with Gasteiger partial charge < -0.3 is 29.6 Å². The molecule has 0 radical (unpaired) electrons. The summed E-state index contributed by atoms with van der Waals surface area (Å²) in [5, 5.41) is 6.59. The lowest BCUT2D eigenvalue weighted by atomic mass is 10.1. The summed E-state index contributed by atoms with van der Waals surface area (Å²) in [5.41, 5.74) is 2.00. The molecule has 2 N–H and O–H groups in total. The summed E-state index contributed by atoms with van der Waals surface area (Å²) < 4.78 is 21.9. The van der Waals surface area contributed by atoms with E-state index < -0.39 is 0 Å². The van der Waals surface area contributed by atoms with E-state index in [0.717, 1.165) is 16.9 Å². The zero-order valence-corrected chi connectivity index (χ0v) is 20.2. The molecule has 0 atom stereocenters. The Morgan fingerprint density at radius 1 is 0.967 bits per heavy atom. The molecule has 0 amide bonds. The first-order valence-corrected chi connectivity index (χ1v) is 9.21. The number of rotatable bonds is 10. The minimum Gasteiger partial charge on any atom is -0.493 e. The van der Waals surface area contributed by atoms with Gasteiger partial charge in [-0.15, -0.1) is 24.0 Å². The molecule has 30 heavy (non-hydrogen) atoms. The van der Waals surface area contributed by atoms with E-state index in [4.69, 9.17) is 18.9 Å². The minimum atomic E-state index is 0. The summed E-state index contributed by atoms with van der Waals surface area (Å²) in [5.74, 6) is 3.27. The van der Waals surface area contributed by atoms with Crippen LogP contribution >= 0.6 is 24.0 Å². The van der Waals surface area contributed by atoms with Gasteiger partial charge >= 0.3 is 0 Å². The number of para-hydroxylation sites is 1. The fourth-order valence-electron chi connectivity index (χ4n) is 2.76. The van der Waals surface area contributed by atoms with E-state index >= 15 is 0 Å². The third-order valence-electron chi connectivity index (χ3n) is 4.18. The standard InChI is InChI=1S/C22H29N3O4.HI/c1-6-11-29-18-10-8-7-9-17(18)15-25-22(23-2)24-14-16-12-19(26-3)21(28-5)20(13-16)27-4;/h6-10,12-13H,1,11,14-15H2,2-5H3,(H2,23,24,25);1H. The molecule has 0 saturated carbocycles. The molecule has 0 heterocycles. The Labute approximate surface area is 195 Å². The molecule has 8 heteroatoms. The molecule has 0 bridgehead atoms. The van der Waals surface area contributed by atoms with E-state index in [1.807, 2.05) is 36.4 Å². The second-order valence-electron chi connectivity index (χ2n) is 6.02. The molecule has 0 saturated heterocycles. The number of hydrogen-bond acceptors (Lipinski definition) is 5. The number of guanidine groups is 1. The molecule has 0 spiro atoms. The summed E-state index contributed by atoms with van der Waals surface area (Å²) in [4.78, 5) is 4.28. The maximum atomic E-state index is 5.70. The number of hydrogen-bond donors (Lipinski definition) is 2. The Morgan fingerprint density at radius 3 is 2.17 bits per heavy atom. The molecule has 0 aliphatic heterocycles. The van der Waals surface area contributed by atoms with Crippen molar-refractivity contribution in [3.05, 3.63) is 60.2 Å². The van der Waals surface area contributed by atoms with Crippen molar-refractivity contribution in [2.24, 2.45) is 4.99 Å². The van der Waals surface area contributed by atoms with Gasteiger partial charge in [-0.1, -0.05) is 30.9 Å². The zero-order chi connectivity index (χ0) is 21.1. The maximum Gasteiger partial charge on any atom is 0.203 e. The van der Waals surface area contributed by atoms with Gasteiger partial charge in [0.15, 0.2) is 17.5 Å². The van der Waals surface area contributed by atoms with E-state index in [1.54, 1.807) is 34.5 Å². The van der Waals surface area contributed by atoms with Gasteiger partial charge in [0.25, 0.3) is 0 Å². The van der Waals surface area contributed by atoms with Gasteiger partial charge in [-0.25, -0.2) is 0 Å². The van der Waals surface area contributed by atoms with Gasteiger partial charge in [-0.05, 0) is 23.8 Å². The van der Waals surface area contributed by atoms with E-state index in [0.29, 0.717) is 42.9 Å². The molecular weight excluding hydrogens is 497 g/mol. The van der Waals surface area contributed by atoms with E-state index in [9.17, 15) is 0 Å². The highest BCUT2D eigenvalue weighted by Gasteiger charge is 2.13. The molecule has 2 aromatic rings. The molecule has 0 aliphatic carbocycles. The number of nitrogens with zero attached hydrogens (tertiary/aromatic N) is 1. The summed E-state index contributed by atoms with van der Waals surface area (Å²) in [7, 11) is 6.51. The van der Waals surface area contributed by atoms with Crippen LogP contribution in [0.4, 0.5) is 0 Å². The summed E-state index contributed by atoms with van der Waals surface area (Å²) in [6.07, 6.45) is 1.72. The van der Waals surface area contributed by atoms with Crippen LogP contribution in [0.15, 0.2) is 54.0 Å². The van der Waals surface area contributed by atoms with Crippen LogP contribution in [0.25, 0.3) is 0 Å². The quantitative estimate of drug-likeness (QED) is 0.212. The molecule has 0 aliphatic rings. The largest absolute Gasteiger partial charge is 0.493 e. The van der Waals surface area contributed by atoms with E-state index in [-0.39, 0.29) is 24.0 Å². The van der Waals surface area contributed by atoms with E-state index in [1.165, 1.54) is 0 Å². The second-order valence-corrected chi connectivity index (χ2v) is 6.02. The zero-order valence-electron chi connectivity index (χ0n) is 17.9. The van der Waals surface area contributed by atoms with Crippen LogP contribution in [-0.4, -0.2) is 40.9 Å². The van der Waals surface area contributed by atoms with Crippen LogP contribution in [0.5, 0.6) is 23.0 Å². The fourth-order valence-corrected chi connectivity index (χ4v) is 2.76. The predicted octanol–water partition coefficient (Wildman–Crippen LogP) is 3.76. The minimum absolute atomic E-state index is 0. The van der Waals surface area contributed by atoms with Gasteiger partial charge in [0.2, 0.25) is 5.75 Å². The third-order valence-corrected chi connectivity index (χ3v) is 4.18. The molecule has 0 aromatic heterocycles. The first-order chi connectivity index (χ1) is 14.2. The Hall–Kier alpha value is -2.62. The SMILES string of the molecule is C=CCOc1ccccc1CNC(=NC)NCc1cc(OC)c(OC)c(OC)c1.I. The van der Waals surface area contributed by atoms with Gasteiger partial charge in [0.05, 0.1) is 21.3 Å². The molecule has 2 rings (SSSR count). The molecule has 0 fully saturated rings. The van der Waals surface area contributed by atoms with Crippen molar-refractivity contribution in [2.45, 2.75) is 13.1 Å². The van der Waals surface area contributed by atoms with Crippen molar-refractivity contribution < 1.29 is 18.9 Å². The molecule has 0 unspecified atom stereocenters. The lowest BCUT2D eigenvalue weighted by molar-refractivity contribution is 0.323. The second kappa shape index (κ2) is 13.6. The predicted molar refractivity (Wildman–Crippen MR) is 131 cm³/mol. The number of aliphatic imine (C=N–C) groups is 1. The Bertz CT molecular complexity index is 818. The van der Waals surface area contributed by atoms with Crippen LogP contribution < -0.4 is 29.6 Å². The topological polar surface area (TPSA) is 73.3 Å². The van der Waals surface area contributed by atoms with Gasteiger partial charge in [-0.2, -0.15) is 0 Å². The highest BCUT2D eigenvalue weighted by atomic mass is 127. The van der Waals surface area contributed by atoms with Gasteiger partial charge in [-0.3, -0.25) is 4.99 Å². The third kappa shape index (κ3) is 7.01. The molecule has 7 nitrogen and oxygen atoms in total. The Kier molecular flexibility index (Phi) is 11.5. The van der Waals surface area contributed by atoms with Crippen molar-refractivity contribution >= 4 is 29.9 Å². The average molecular weight is 527 g/mol. The summed E-state index contributed by atoms with van der Waals surface area (Å²) >= 11 is 0. The average Bonchev–Trinajstić information content (AvgIpc) is 2.77. The summed E-state index contributed by atoms with van der Waals surface area (Å²) in [6, 6.07) is 11.7. The molecular formula is C22H30IN3O4. The number of ether oxygens (including phenoxy) is 4. The molecule has 2 aromatic carbocycles. The Balaban J connectivity index is 0.00000450. The van der Waals surface area contributed by atoms with Gasteiger partial charge in [0.1, 0.15) is 12.4 Å². The van der Waals surface area contributed by atoms with Crippen molar-refractivity contribution in [2.75, 3.05) is 35.0 Å². The molecule has 164 valence electrons. The first-order valence-electron chi connectivity index (χ1n) is 9.21. The number of halogens is 1. The van der Waals surface area contributed by atoms with Crippen molar-refractivity contribution in [3.8, 4) is 23.0 Å². The van der Waals surface area contributed by atoms with Crippen LogP contribution in [0, 0.1) is 0 Å². The lowest BCUT2D eigenvalue weighted by Crippen LogP contribution is -2.36. The number of methoxy groups -OCH3 is 3. The fraction of sp³-hybridized carbons (Fsp3) is 0.318. The lowest BCUT2D eigenvalue weighted by Gasteiger charge is -2.16. The summed E-state index contributed by atoms with van der Waals surface area (Å²) in [6.45, 7) is 5.25. The monoisotopic (exact) mass is 527 g/mol. The van der Waals surface area contributed by atoms with Crippen LogP contribution in [0.3, 0.4) is 0 Å². The van der Waals surface area contributed by atoms with Crippen molar-refractivity contribution in [1.29, 1.82) is 0 Å². The number of benzene rings is 2. The van der Waals surface area contributed by atoms with Crippen LogP contribution in [-0.2, 0) is 13.1 Å². The van der Waals surface area contributed by atoms with Crippen molar-refractivity contribution in [3.63, 3.8) is 0 Å². The first kappa shape index (κ1) is 25.4.